The van der Waals surface area contributed by atoms with E-state index >= 15 is 0 Å². The van der Waals surface area contributed by atoms with Gasteiger partial charge in [0, 0.05) is 5.56 Å². The van der Waals surface area contributed by atoms with Crippen molar-refractivity contribution >= 4 is 10.9 Å². The van der Waals surface area contributed by atoms with Crippen molar-refractivity contribution < 1.29 is 12.4 Å². The van der Waals surface area contributed by atoms with Gasteiger partial charge < -0.3 is 12.4 Å². The normalized spacial score (nSPS) is 11.9. The molecule has 0 aromatic heterocycles. The summed E-state index contributed by atoms with van der Waals surface area (Å²) in [6.07, 6.45) is 6.54. The van der Waals surface area contributed by atoms with E-state index in [1.54, 1.807) is 0 Å². The molecule has 0 aliphatic carbocycles. The molecule has 13 heavy (non-hydrogen) atoms. The van der Waals surface area contributed by atoms with Gasteiger partial charge in [-0.2, -0.15) is 0 Å². The smallest absolute Gasteiger partial charge is 0.160 e. The van der Waals surface area contributed by atoms with Crippen molar-refractivity contribution in [3.63, 3.8) is 0 Å². The van der Waals surface area contributed by atoms with Gasteiger partial charge in [0.2, 0.25) is 0 Å². The highest BCUT2D eigenvalue weighted by molar-refractivity contribution is 7.95. The Bertz CT molecular complexity index is 244. The third-order valence-electron chi connectivity index (χ3n) is 1.85. The van der Waals surface area contributed by atoms with Crippen LogP contribution in [0.15, 0.2) is 43.0 Å². The standard InChI is InChI=1S/C11H15S.ClH/c1-4-11(12(2)3)10-8-6-5-7-9-10;/h4-9,11H,1H2,2-3H3;1H/q+1;/p-1. The third-order valence-corrected chi connectivity index (χ3v) is 3.33. The molecule has 0 nitrogen and oxygen atoms in total. The number of benzene rings is 1. The van der Waals surface area contributed by atoms with Gasteiger partial charge in [0.25, 0.3) is 0 Å². The lowest BCUT2D eigenvalue weighted by atomic mass is 10.1. The van der Waals surface area contributed by atoms with Gasteiger partial charge in [0.1, 0.15) is 0 Å². The molecule has 2 heteroatoms. The Labute approximate surface area is 89.8 Å². The van der Waals surface area contributed by atoms with Crippen LogP contribution in [0.25, 0.3) is 0 Å². The minimum atomic E-state index is 0. The largest absolute Gasteiger partial charge is 1.00 e. The van der Waals surface area contributed by atoms with Crippen molar-refractivity contribution in [1.29, 1.82) is 0 Å². The molecule has 1 rings (SSSR count). The second-order valence-corrected chi connectivity index (χ2v) is 5.21. The summed E-state index contributed by atoms with van der Waals surface area (Å²) in [5.74, 6) is 0. The topological polar surface area (TPSA) is 0 Å². The third kappa shape index (κ3) is 3.45. The highest BCUT2D eigenvalue weighted by Crippen LogP contribution is 2.22. The van der Waals surface area contributed by atoms with E-state index in [4.69, 9.17) is 0 Å². The summed E-state index contributed by atoms with van der Waals surface area (Å²) in [6.45, 7) is 3.87. The summed E-state index contributed by atoms with van der Waals surface area (Å²) in [7, 11) is 0.378. The van der Waals surface area contributed by atoms with E-state index < -0.39 is 0 Å². The van der Waals surface area contributed by atoms with Crippen molar-refractivity contribution in [2.24, 2.45) is 0 Å². The van der Waals surface area contributed by atoms with Crippen LogP contribution in [-0.2, 0) is 10.9 Å². The first-order chi connectivity index (χ1) is 5.75. The Morgan fingerprint density at radius 3 is 2.15 bits per heavy atom. The first-order valence-electron chi connectivity index (χ1n) is 3.99. The van der Waals surface area contributed by atoms with Gasteiger partial charge in [0.05, 0.1) is 12.5 Å². The van der Waals surface area contributed by atoms with Gasteiger partial charge in [-0.05, 0) is 17.0 Å². The Balaban J connectivity index is 0.00000144. The molecule has 0 bridgehead atoms. The molecule has 0 saturated carbocycles. The molecule has 1 unspecified atom stereocenters. The highest BCUT2D eigenvalue weighted by Gasteiger charge is 2.18. The predicted octanol–water partition coefficient (Wildman–Crippen LogP) is -0.204. The molecule has 0 aliphatic heterocycles. The van der Waals surface area contributed by atoms with Gasteiger partial charge in [-0.1, -0.05) is 36.9 Å². The lowest BCUT2D eigenvalue weighted by molar-refractivity contribution is -0.00000256. The van der Waals surface area contributed by atoms with E-state index in [1.165, 1.54) is 5.56 Å². The van der Waals surface area contributed by atoms with Crippen molar-refractivity contribution in [3.8, 4) is 0 Å². The Hall–Kier alpha value is -0.400. The molecule has 0 fully saturated rings. The van der Waals surface area contributed by atoms with Crippen molar-refractivity contribution in [3.05, 3.63) is 48.6 Å². The summed E-state index contributed by atoms with van der Waals surface area (Å²) < 4.78 is 0. The summed E-state index contributed by atoms with van der Waals surface area (Å²) in [5, 5.41) is 0.520. The number of halogens is 1. The second kappa shape index (κ2) is 6.11. The fraction of sp³-hybridized carbons (Fsp3) is 0.273. The Morgan fingerprint density at radius 1 is 1.23 bits per heavy atom. The Kier molecular flexibility index (Phi) is 5.93. The van der Waals surface area contributed by atoms with Crippen LogP contribution in [0.1, 0.15) is 10.8 Å². The number of hydrogen-bond donors (Lipinski definition) is 0. The van der Waals surface area contributed by atoms with Crippen LogP contribution >= 0.6 is 0 Å². The second-order valence-electron chi connectivity index (χ2n) is 2.95. The summed E-state index contributed by atoms with van der Waals surface area (Å²) in [4.78, 5) is 0. The molecule has 0 amide bonds. The zero-order chi connectivity index (χ0) is 8.97. The molecule has 1 aromatic carbocycles. The van der Waals surface area contributed by atoms with E-state index in [-0.39, 0.29) is 12.4 Å². The zero-order valence-corrected chi connectivity index (χ0v) is 9.61. The molecule has 0 aliphatic rings. The fourth-order valence-corrected chi connectivity index (χ4v) is 2.33. The summed E-state index contributed by atoms with van der Waals surface area (Å²) >= 11 is 0. The van der Waals surface area contributed by atoms with Crippen molar-refractivity contribution in [2.45, 2.75) is 5.25 Å². The molecular weight excluding hydrogens is 200 g/mol. The van der Waals surface area contributed by atoms with E-state index in [2.05, 4.69) is 43.4 Å². The molecule has 1 aromatic rings. The number of rotatable bonds is 3. The van der Waals surface area contributed by atoms with Gasteiger partial charge in [-0.3, -0.25) is 0 Å². The molecule has 0 spiro atoms. The minimum Gasteiger partial charge on any atom is -1.00 e. The van der Waals surface area contributed by atoms with Crippen molar-refractivity contribution in [2.75, 3.05) is 12.5 Å². The van der Waals surface area contributed by atoms with E-state index in [9.17, 15) is 0 Å². The molecule has 1 atom stereocenters. The maximum absolute atomic E-state index is 3.87. The van der Waals surface area contributed by atoms with E-state index in [1.807, 2.05) is 12.1 Å². The predicted molar refractivity (Wildman–Crippen MR) is 58.6 cm³/mol. The molecule has 72 valence electrons. The first-order valence-corrected chi connectivity index (χ1v) is 6.10. The summed E-state index contributed by atoms with van der Waals surface area (Å²) in [6, 6.07) is 10.5. The minimum absolute atomic E-state index is 0. The van der Waals surface area contributed by atoms with Gasteiger partial charge in [-0.15, -0.1) is 0 Å². The maximum Gasteiger partial charge on any atom is 0.160 e. The Morgan fingerprint density at radius 2 is 1.77 bits per heavy atom. The molecule has 0 N–H and O–H groups in total. The molecule has 0 saturated heterocycles. The van der Waals surface area contributed by atoms with Gasteiger partial charge in [0.15, 0.2) is 5.25 Å². The van der Waals surface area contributed by atoms with Crippen LogP contribution in [0, 0.1) is 0 Å². The highest BCUT2D eigenvalue weighted by atomic mass is 35.5. The van der Waals surface area contributed by atoms with Gasteiger partial charge in [-0.25, -0.2) is 0 Å². The van der Waals surface area contributed by atoms with Crippen LogP contribution in [0.4, 0.5) is 0 Å². The maximum atomic E-state index is 3.87. The lowest BCUT2D eigenvalue weighted by Crippen LogP contribution is -3.00. The average molecular weight is 215 g/mol. The average Bonchev–Trinajstić information content (AvgIpc) is 2.07. The lowest BCUT2D eigenvalue weighted by Gasteiger charge is -2.08. The number of hydrogen-bond acceptors (Lipinski definition) is 0. The first kappa shape index (κ1) is 12.6. The molecule has 0 heterocycles. The SMILES string of the molecule is C=CC(c1ccccc1)[S+](C)C.[Cl-]. The summed E-state index contributed by atoms with van der Waals surface area (Å²) in [5.41, 5.74) is 1.38. The monoisotopic (exact) mass is 214 g/mol. The quantitative estimate of drug-likeness (QED) is 0.483. The van der Waals surface area contributed by atoms with Crippen molar-refractivity contribution in [1.82, 2.24) is 0 Å². The van der Waals surface area contributed by atoms with Crippen LogP contribution in [0.3, 0.4) is 0 Å². The molecule has 0 radical (unpaired) electrons. The van der Waals surface area contributed by atoms with Gasteiger partial charge >= 0.3 is 0 Å². The van der Waals surface area contributed by atoms with E-state index in [0.717, 1.165) is 0 Å². The van der Waals surface area contributed by atoms with Crippen LogP contribution in [0.5, 0.6) is 0 Å². The fourth-order valence-electron chi connectivity index (χ4n) is 1.24. The van der Waals surface area contributed by atoms with Crippen LogP contribution in [-0.4, -0.2) is 12.5 Å². The van der Waals surface area contributed by atoms with E-state index in [0.29, 0.717) is 16.1 Å². The zero-order valence-electron chi connectivity index (χ0n) is 8.03. The molecular formula is C11H15ClS. The van der Waals surface area contributed by atoms with Crippen LogP contribution < -0.4 is 12.4 Å². The van der Waals surface area contributed by atoms with Crippen LogP contribution in [0.2, 0.25) is 0 Å².